The Bertz CT molecular complexity index is 1340. The number of hydrogen-bond donors (Lipinski definition) is 1. The number of aryl methyl sites for hydroxylation is 1. The quantitative estimate of drug-likeness (QED) is 0.500. The first-order valence-electron chi connectivity index (χ1n) is 10.7. The van der Waals surface area contributed by atoms with Crippen molar-refractivity contribution in [2.45, 2.75) is 17.9 Å². The van der Waals surface area contributed by atoms with E-state index >= 15 is 0 Å². The molecule has 182 valence electrons. The normalized spacial score (nSPS) is 14.9. The molecule has 9 nitrogen and oxygen atoms in total. The number of methoxy groups -OCH3 is 1. The minimum Gasteiger partial charge on any atom is -0.484 e. The van der Waals surface area contributed by atoms with E-state index in [9.17, 15) is 18.0 Å². The van der Waals surface area contributed by atoms with Gasteiger partial charge < -0.3 is 19.1 Å². The highest BCUT2D eigenvalue weighted by molar-refractivity contribution is 7.92. The highest BCUT2D eigenvalue weighted by atomic mass is 32.2. The number of para-hydroxylation sites is 2. The van der Waals surface area contributed by atoms with E-state index in [4.69, 9.17) is 14.2 Å². The highest BCUT2D eigenvalue weighted by Gasteiger charge is 2.34. The highest BCUT2D eigenvalue weighted by Crippen LogP contribution is 2.33. The third kappa shape index (κ3) is 5.55. The lowest BCUT2D eigenvalue weighted by molar-refractivity contribution is -0.148. The summed E-state index contributed by atoms with van der Waals surface area (Å²) in [6.45, 7) is 1.53. The lowest BCUT2D eigenvalue weighted by Gasteiger charge is -2.33. The Morgan fingerprint density at radius 1 is 1.06 bits per heavy atom. The van der Waals surface area contributed by atoms with Crippen molar-refractivity contribution >= 4 is 33.3 Å². The minimum atomic E-state index is -3.78. The summed E-state index contributed by atoms with van der Waals surface area (Å²) < 4.78 is 43.9. The Hall–Kier alpha value is -4.05. The van der Waals surface area contributed by atoms with Crippen molar-refractivity contribution in [1.82, 2.24) is 0 Å². The van der Waals surface area contributed by atoms with Crippen LogP contribution in [0.5, 0.6) is 11.5 Å². The molecule has 1 aliphatic heterocycles. The van der Waals surface area contributed by atoms with Gasteiger partial charge in [-0.3, -0.25) is 9.52 Å². The number of fused-ring (bicyclic) bond motifs is 1. The fourth-order valence-electron chi connectivity index (χ4n) is 3.59. The van der Waals surface area contributed by atoms with Crippen LogP contribution in [0.15, 0.2) is 77.7 Å². The number of carbonyl (C=O) groups excluding carboxylic acids is 2. The Kier molecular flexibility index (Phi) is 6.92. The molecule has 1 heterocycles. The second-order valence-corrected chi connectivity index (χ2v) is 9.52. The van der Waals surface area contributed by atoms with Crippen LogP contribution >= 0.6 is 0 Å². The average Bonchev–Trinajstić information content (AvgIpc) is 2.86. The Balaban J connectivity index is 1.42. The number of carbonyl (C=O) groups is 2. The van der Waals surface area contributed by atoms with E-state index in [0.29, 0.717) is 22.9 Å². The van der Waals surface area contributed by atoms with Gasteiger partial charge in [0.15, 0.2) is 6.61 Å². The molecule has 0 saturated heterocycles. The standard InChI is InChI=1S/C25H24N2O7S/c1-17-6-5-7-18(14-17)26-35(30,31)20-12-10-19(11-13-20)33-16-24(28)27-15-23(25(29)32-2)34-22-9-4-3-8-21(22)27/h3-14,23,26H,15-16H2,1-2H3/t23-/m0/s1. The SMILES string of the molecule is COC(=O)[C@@H]1CN(C(=O)COc2ccc(S(=O)(=O)Nc3cccc(C)c3)cc2)c2ccccc2O1. The summed E-state index contributed by atoms with van der Waals surface area (Å²) in [5.41, 5.74) is 1.91. The molecule has 0 unspecified atom stereocenters. The number of benzene rings is 3. The van der Waals surface area contributed by atoms with Crippen LogP contribution in [0.2, 0.25) is 0 Å². The predicted octanol–water partition coefficient (Wildman–Crippen LogP) is 3.14. The molecule has 0 spiro atoms. The van der Waals surface area contributed by atoms with Crippen molar-refractivity contribution in [3.63, 3.8) is 0 Å². The van der Waals surface area contributed by atoms with E-state index in [-0.39, 0.29) is 18.0 Å². The molecule has 10 heteroatoms. The number of nitrogens with zero attached hydrogens (tertiary/aromatic N) is 1. The fourth-order valence-corrected chi connectivity index (χ4v) is 4.63. The smallest absolute Gasteiger partial charge is 0.348 e. The molecule has 0 fully saturated rings. The van der Waals surface area contributed by atoms with E-state index in [2.05, 4.69) is 4.72 Å². The molecule has 0 aliphatic carbocycles. The molecule has 1 atom stereocenters. The van der Waals surface area contributed by atoms with Crippen molar-refractivity contribution in [2.24, 2.45) is 0 Å². The minimum absolute atomic E-state index is 0.0201. The van der Waals surface area contributed by atoms with E-state index in [1.807, 2.05) is 13.0 Å². The Labute approximate surface area is 203 Å². The zero-order valence-electron chi connectivity index (χ0n) is 19.1. The molecule has 1 aliphatic rings. The van der Waals surface area contributed by atoms with Gasteiger partial charge in [0, 0.05) is 5.69 Å². The molecule has 1 amide bonds. The predicted molar refractivity (Wildman–Crippen MR) is 129 cm³/mol. The number of nitrogens with one attached hydrogen (secondary N) is 1. The van der Waals surface area contributed by atoms with Gasteiger partial charge in [0.25, 0.3) is 15.9 Å². The molecule has 0 radical (unpaired) electrons. The van der Waals surface area contributed by atoms with E-state index in [0.717, 1.165) is 5.56 Å². The van der Waals surface area contributed by atoms with Gasteiger partial charge in [-0.2, -0.15) is 0 Å². The summed E-state index contributed by atoms with van der Waals surface area (Å²) >= 11 is 0. The van der Waals surface area contributed by atoms with E-state index in [1.54, 1.807) is 42.5 Å². The van der Waals surface area contributed by atoms with E-state index in [1.165, 1.54) is 36.3 Å². The van der Waals surface area contributed by atoms with Crippen LogP contribution < -0.4 is 19.1 Å². The van der Waals surface area contributed by atoms with Crippen LogP contribution in [0.3, 0.4) is 0 Å². The van der Waals surface area contributed by atoms with Crippen LogP contribution in [0.1, 0.15) is 5.56 Å². The maximum absolute atomic E-state index is 12.9. The summed E-state index contributed by atoms with van der Waals surface area (Å²) in [7, 11) is -2.53. The number of anilines is 2. The maximum atomic E-state index is 12.9. The third-order valence-electron chi connectivity index (χ3n) is 5.31. The van der Waals surface area contributed by atoms with Crippen molar-refractivity contribution < 1.29 is 32.2 Å². The molecule has 0 saturated carbocycles. The fraction of sp³-hybridized carbons (Fsp3) is 0.200. The van der Waals surface area contributed by atoms with Crippen LogP contribution in [0.25, 0.3) is 0 Å². The molecule has 35 heavy (non-hydrogen) atoms. The monoisotopic (exact) mass is 496 g/mol. The number of rotatable bonds is 7. The molecule has 3 aromatic rings. The largest absolute Gasteiger partial charge is 0.484 e. The third-order valence-corrected chi connectivity index (χ3v) is 6.70. The van der Waals surface area contributed by atoms with Crippen molar-refractivity contribution in [2.75, 3.05) is 29.9 Å². The van der Waals surface area contributed by atoms with Gasteiger partial charge in [-0.1, -0.05) is 24.3 Å². The lowest BCUT2D eigenvalue weighted by Crippen LogP contribution is -2.48. The van der Waals surface area contributed by atoms with Gasteiger partial charge in [-0.05, 0) is 61.0 Å². The molecule has 0 aromatic heterocycles. The van der Waals surface area contributed by atoms with Crippen molar-refractivity contribution in [1.29, 1.82) is 0 Å². The molecular formula is C25H24N2O7S. The zero-order chi connectivity index (χ0) is 25.0. The van der Waals surface area contributed by atoms with Crippen molar-refractivity contribution in [3.8, 4) is 11.5 Å². The van der Waals surface area contributed by atoms with Crippen molar-refractivity contribution in [3.05, 3.63) is 78.4 Å². The summed E-state index contributed by atoms with van der Waals surface area (Å²) in [5, 5.41) is 0. The molecular weight excluding hydrogens is 472 g/mol. The molecule has 3 aromatic carbocycles. The summed E-state index contributed by atoms with van der Waals surface area (Å²) in [5.74, 6) is -0.279. The molecule has 0 bridgehead atoms. The molecule has 4 rings (SSSR count). The van der Waals surface area contributed by atoms with Gasteiger partial charge in [0.1, 0.15) is 11.5 Å². The molecule has 1 N–H and O–H groups in total. The maximum Gasteiger partial charge on any atom is 0.348 e. The number of ether oxygens (including phenoxy) is 3. The summed E-state index contributed by atoms with van der Waals surface area (Å²) in [4.78, 5) is 26.4. The number of amides is 1. The first-order chi connectivity index (χ1) is 16.8. The second-order valence-electron chi connectivity index (χ2n) is 7.84. The summed E-state index contributed by atoms with van der Waals surface area (Å²) in [6.07, 6.45) is -0.954. The van der Waals surface area contributed by atoms with E-state index < -0.39 is 28.0 Å². The number of hydrogen-bond acceptors (Lipinski definition) is 7. The van der Waals surface area contributed by atoms with Crippen LogP contribution in [0.4, 0.5) is 11.4 Å². The van der Waals surface area contributed by atoms with Gasteiger partial charge >= 0.3 is 5.97 Å². The van der Waals surface area contributed by atoms with Gasteiger partial charge in [-0.15, -0.1) is 0 Å². The number of sulfonamides is 1. The first kappa shape index (κ1) is 24.1. The van der Waals surface area contributed by atoms with Gasteiger partial charge in [0.05, 0.1) is 24.2 Å². The summed E-state index contributed by atoms with van der Waals surface area (Å²) in [6, 6.07) is 19.6. The lowest BCUT2D eigenvalue weighted by atomic mass is 10.2. The Morgan fingerprint density at radius 3 is 2.51 bits per heavy atom. The van der Waals surface area contributed by atoms with Gasteiger partial charge in [-0.25, -0.2) is 13.2 Å². The Morgan fingerprint density at radius 2 is 1.80 bits per heavy atom. The first-order valence-corrected chi connectivity index (χ1v) is 12.2. The zero-order valence-corrected chi connectivity index (χ0v) is 19.9. The van der Waals surface area contributed by atoms with Gasteiger partial charge in [0.2, 0.25) is 6.10 Å². The van der Waals surface area contributed by atoms with Crippen LogP contribution in [-0.4, -0.2) is 46.7 Å². The van der Waals surface area contributed by atoms with Crippen LogP contribution in [0, 0.1) is 6.92 Å². The topological polar surface area (TPSA) is 111 Å². The average molecular weight is 497 g/mol. The number of esters is 1. The second kappa shape index (κ2) is 10.1. The van der Waals surface area contributed by atoms with Crippen LogP contribution in [-0.2, 0) is 24.3 Å².